The number of carboxylic acids is 1. The van der Waals surface area contributed by atoms with Crippen LogP contribution in [0.2, 0.25) is 0 Å². The van der Waals surface area contributed by atoms with Gasteiger partial charge in [-0.05, 0) is 26.7 Å². The van der Waals surface area contributed by atoms with Crippen molar-refractivity contribution in [3.63, 3.8) is 0 Å². The van der Waals surface area contributed by atoms with Gasteiger partial charge in [0, 0.05) is 5.54 Å². The number of aliphatic carboxylic acids is 1. The van der Waals surface area contributed by atoms with Crippen molar-refractivity contribution in [1.82, 2.24) is 16.0 Å². The Bertz CT molecular complexity index is 347. The van der Waals surface area contributed by atoms with E-state index in [2.05, 4.69) is 16.0 Å². The normalized spacial score (nSPS) is 12.9. The molecule has 0 saturated carbocycles. The van der Waals surface area contributed by atoms with Crippen LogP contribution in [-0.2, 0) is 9.59 Å². The highest BCUT2D eigenvalue weighted by atomic mass is 16.4. The first-order valence-corrected chi connectivity index (χ1v) is 6.11. The Labute approximate surface area is 113 Å². The number of hydrogen-bond acceptors (Lipinski definition) is 4. The van der Waals surface area contributed by atoms with Crippen LogP contribution >= 0.6 is 0 Å². The second-order valence-electron chi connectivity index (χ2n) is 5.69. The standard InChI is InChI=1S/C12H23N3O4/c1-7(2)9(10(17)18)13-6-8(16)14-11(19)15-12(3,4)5/h7,9,13H,6H2,1-5H3,(H,17,18)(H2,14,15,16,19). The zero-order valence-corrected chi connectivity index (χ0v) is 12.0. The van der Waals surface area contributed by atoms with Gasteiger partial charge in [0.05, 0.1) is 6.54 Å². The van der Waals surface area contributed by atoms with Crippen molar-refractivity contribution in [2.45, 2.75) is 46.2 Å². The Morgan fingerprint density at radius 3 is 2.05 bits per heavy atom. The van der Waals surface area contributed by atoms with Gasteiger partial charge in [0.1, 0.15) is 6.04 Å². The lowest BCUT2D eigenvalue weighted by Crippen LogP contribution is -2.51. The number of carbonyl (C=O) groups excluding carboxylic acids is 2. The van der Waals surface area contributed by atoms with Crippen molar-refractivity contribution < 1.29 is 19.5 Å². The molecule has 0 heterocycles. The Balaban J connectivity index is 4.19. The Morgan fingerprint density at radius 1 is 1.16 bits per heavy atom. The summed E-state index contributed by atoms with van der Waals surface area (Å²) in [6, 6.07) is -1.42. The van der Waals surface area contributed by atoms with E-state index in [1.165, 1.54) is 0 Å². The summed E-state index contributed by atoms with van der Waals surface area (Å²) in [5, 5.41) is 16.2. The van der Waals surface area contributed by atoms with Gasteiger partial charge in [0.25, 0.3) is 0 Å². The first-order chi connectivity index (χ1) is 8.53. The van der Waals surface area contributed by atoms with Crippen LogP contribution < -0.4 is 16.0 Å². The lowest BCUT2D eigenvalue weighted by atomic mass is 10.1. The summed E-state index contributed by atoms with van der Waals surface area (Å²) in [4.78, 5) is 33.7. The maximum atomic E-state index is 11.5. The predicted molar refractivity (Wildman–Crippen MR) is 70.7 cm³/mol. The van der Waals surface area contributed by atoms with Crippen molar-refractivity contribution in [3.05, 3.63) is 0 Å². The van der Waals surface area contributed by atoms with E-state index in [-0.39, 0.29) is 12.5 Å². The smallest absolute Gasteiger partial charge is 0.321 e. The molecule has 1 unspecified atom stereocenters. The topological polar surface area (TPSA) is 108 Å². The van der Waals surface area contributed by atoms with E-state index < -0.39 is 29.5 Å². The van der Waals surface area contributed by atoms with Crippen molar-refractivity contribution >= 4 is 17.9 Å². The van der Waals surface area contributed by atoms with Crippen LogP contribution in [0.25, 0.3) is 0 Å². The fourth-order valence-corrected chi connectivity index (χ4v) is 1.35. The maximum Gasteiger partial charge on any atom is 0.321 e. The second kappa shape index (κ2) is 7.08. The lowest BCUT2D eigenvalue weighted by molar-refractivity contribution is -0.140. The van der Waals surface area contributed by atoms with Crippen LogP contribution in [0.3, 0.4) is 0 Å². The Hall–Kier alpha value is -1.63. The summed E-state index contributed by atoms with van der Waals surface area (Å²) < 4.78 is 0. The van der Waals surface area contributed by atoms with E-state index in [0.29, 0.717) is 0 Å². The van der Waals surface area contributed by atoms with Crippen molar-refractivity contribution in [2.75, 3.05) is 6.54 Å². The molecule has 0 aliphatic rings. The number of hydrogen-bond donors (Lipinski definition) is 4. The maximum absolute atomic E-state index is 11.5. The molecule has 7 nitrogen and oxygen atoms in total. The third-order valence-corrected chi connectivity index (χ3v) is 2.16. The van der Waals surface area contributed by atoms with E-state index in [1.54, 1.807) is 34.6 Å². The fourth-order valence-electron chi connectivity index (χ4n) is 1.35. The summed E-state index contributed by atoms with van der Waals surface area (Å²) >= 11 is 0. The van der Waals surface area contributed by atoms with Crippen molar-refractivity contribution in [2.24, 2.45) is 5.92 Å². The quantitative estimate of drug-likeness (QED) is 0.576. The van der Waals surface area contributed by atoms with Gasteiger partial charge in [-0.25, -0.2) is 4.79 Å². The van der Waals surface area contributed by atoms with Crippen LogP contribution in [0.5, 0.6) is 0 Å². The molecule has 0 aliphatic carbocycles. The number of amides is 3. The molecule has 0 aromatic rings. The molecule has 0 aliphatic heterocycles. The second-order valence-corrected chi connectivity index (χ2v) is 5.69. The van der Waals surface area contributed by atoms with Crippen LogP contribution in [0.4, 0.5) is 4.79 Å². The van der Waals surface area contributed by atoms with Gasteiger partial charge in [-0.1, -0.05) is 13.8 Å². The highest BCUT2D eigenvalue weighted by molar-refractivity contribution is 5.95. The molecular weight excluding hydrogens is 250 g/mol. The molecule has 0 bridgehead atoms. The molecule has 4 N–H and O–H groups in total. The molecule has 0 rings (SSSR count). The first kappa shape index (κ1) is 17.4. The Kier molecular flexibility index (Phi) is 6.47. The number of nitrogens with one attached hydrogen (secondary N) is 3. The van der Waals surface area contributed by atoms with Gasteiger partial charge >= 0.3 is 12.0 Å². The molecule has 0 fully saturated rings. The number of rotatable bonds is 5. The van der Waals surface area contributed by atoms with E-state index in [9.17, 15) is 14.4 Å². The molecule has 19 heavy (non-hydrogen) atoms. The van der Waals surface area contributed by atoms with Gasteiger partial charge in [-0.3, -0.25) is 20.2 Å². The van der Waals surface area contributed by atoms with Gasteiger partial charge in [-0.2, -0.15) is 0 Å². The summed E-state index contributed by atoms with van der Waals surface area (Å²) in [5.41, 5.74) is -0.445. The van der Waals surface area contributed by atoms with Gasteiger partial charge in [-0.15, -0.1) is 0 Å². The van der Waals surface area contributed by atoms with E-state index in [4.69, 9.17) is 5.11 Å². The van der Waals surface area contributed by atoms with Crippen molar-refractivity contribution in [3.8, 4) is 0 Å². The summed E-state index contributed by atoms with van der Waals surface area (Å²) in [5.74, 6) is -1.76. The van der Waals surface area contributed by atoms with E-state index in [1.807, 2.05) is 0 Å². The molecule has 3 amide bonds. The van der Waals surface area contributed by atoms with Crippen molar-refractivity contribution in [1.29, 1.82) is 0 Å². The SMILES string of the molecule is CC(C)C(NCC(=O)NC(=O)NC(C)(C)C)C(=O)O. The molecule has 0 spiro atoms. The van der Waals surface area contributed by atoms with Crippen LogP contribution in [0.1, 0.15) is 34.6 Å². The fraction of sp³-hybridized carbons (Fsp3) is 0.750. The summed E-state index contributed by atoms with van der Waals surface area (Å²) in [6.07, 6.45) is 0. The van der Waals surface area contributed by atoms with Gasteiger partial charge in [0.15, 0.2) is 0 Å². The zero-order valence-electron chi connectivity index (χ0n) is 12.0. The summed E-state index contributed by atoms with van der Waals surface area (Å²) in [6.45, 7) is 8.59. The van der Waals surface area contributed by atoms with Crippen LogP contribution in [-0.4, -0.2) is 41.1 Å². The highest BCUT2D eigenvalue weighted by Crippen LogP contribution is 2.01. The molecule has 0 saturated heterocycles. The number of urea groups is 1. The predicted octanol–water partition coefficient (Wildman–Crippen LogP) is 0.310. The molecule has 110 valence electrons. The van der Waals surface area contributed by atoms with Gasteiger partial charge in [0.2, 0.25) is 5.91 Å². The lowest BCUT2D eigenvalue weighted by Gasteiger charge is -2.21. The molecule has 1 atom stereocenters. The van der Waals surface area contributed by atoms with Gasteiger partial charge < -0.3 is 10.4 Å². The highest BCUT2D eigenvalue weighted by Gasteiger charge is 2.22. The van der Waals surface area contributed by atoms with E-state index in [0.717, 1.165) is 0 Å². The minimum absolute atomic E-state index is 0.159. The molecular formula is C12H23N3O4. The average molecular weight is 273 g/mol. The van der Waals surface area contributed by atoms with E-state index >= 15 is 0 Å². The number of carboxylic acid groups (broad SMARTS) is 1. The minimum Gasteiger partial charge on any atom is -0.480 e. The summed E-state index contributed by atoms with van der Waals surface area (Å²) in [7, 11) is 0. The number of imide groups is 1. The molecule has 0 aromatic heterocycles. The Morgan fingerprint density at radius 2 is 1.68 bits per heavy atom. The monoisotopic (exact) mass is 273 g/mol. The molecule has 7 heteroatoms. The zero-order chi connectivity index (χ0) is 15.2. The molecule has 0 aromatic carbocycles. The first-order valence-electron chi connectivity index (χ1n) is 6.11. The van der Waals surface area contributed by atoms with Crippen LogP contribution in [0, 0.1) is 5.92 Å². The third-order valence-electron chi connectivity index (χ3n) is 2.16. The number of carbonyl (C=O) groups is 3. The third kappa shape index (κ3) is 8.15. The minimum atomic E-state index is -1.03. The molecule has 0 radical (unpaired) electrons. The largest absolute Gasteiger partial charge is 0.480 e. The van der Waals surface area contributed by atoms with Crippen LogP contribution in [0.15, 0.2) is 0 Å². The average Bonchev–Trinajstić information content (AvgIpc) is 2.12.